The molecule has 104 valence electrons. The molecule has 1 aliphatic heterocycles. The van der Waals surface area contributed by atoms with Gasteiger partial charge in [-0.25, -0.2) is 0 Å². The van der Waals surface area contributed by atoms with E-state index in [2.05, 4.69) is 75.1 Å². The van der Waals surface area contributed by atoms with Crippen LogP contribution in [0.15, 0.2) is 53.0 Å². The van der Waals surface area contributed by atoms with Crippen molar-refractivity contribution in [2.24, 2.45) is 0 Å². The number of hydrogen-bond acceptors (Lipinski definition) is 2. The zero-order valence-corrected chi connectivity index (χ0v) is 13.0. The Balaban J connectivity index is 1.72. The molecule has 0 spiro atoms. The van der Waals surface area contributed by atoms with Gasteiger partial charge in [-0.1, -0.05) is 52.3 Å². The fraction of sp³-hybridized carbons (Fsp3) is 0.294. The Hall–Kier alpha value is -1.16. The lowest BCUT2D eigenvalue weighted by atomic mass is 9.99. The Bertz CT molecular complexity index is 565. The van der Waals surface area contributed by atoms with Crippen LogP contribution in [0, 0.1) is 0 Å². The summed E-state index contributed by atoms with van der Waals surface area (Å²) in [4.78, 5) is 0. The van der Waals surface area contributed by atoms with Crippen LogP contribution in [-0.2, 0) is 13.1 Å². The van der Waals surface area contributed by atoms with Gasteiger partial charge in [-0.3, -0.25) is 0 Å². The minimum atomic E-state index is 0.435. The fourth-order valence-electron chi connectivity index (χ4n) is 2.72. The first-order chi connectivity index (χ1) is 9.83. The van der Waals surface area contributed by atoms with E-state index in [1.54, 1.807) is 0 Å². The summed E-state index contributed by atoms with van der Waals surface area (Å²) in [5.41, 5.74) is 4.18. The van der Waals surface area contributed by atoms with Crippen molar-refractivity contribution in [3.63, 3.8) is 0 Å². The number of nitrogens with one attached hydrogen (secondary N) is 2. The third kappa shape index (κ3) is 3.29. The highest BCUT2D eigenvalue weighted by atomic mass is 79.9. The molecule has 1 heterocycles. The molecule has 0 aliphatic carbocycles. The summed E-state index contributed by atoms with van der Waals surface area (Å²) in [6.45, 7) is 2.95. The maximum atomic E-state index is 3.70. The van der Waals surface area contributed by atoms with Crippen LogP contribution in [0.2, 0.25) is 0 Å². The lowest BCUT2D eigenvalue weighted by Gasteiger charge is -2.19. The average molecular weight is 331 g/mol. The molecule has 0 aromatic heterocycles. The first-order valence-corrected chi connectivity index (χ1v) is 7.88. The summed E-state index contributed by atoms with van der Waals surface area (Å²) in [6, 6.07) is 17.7. The Morgan fingerprint density at radius 1 is 1.10 bits per heavy atom. The lowest BCUT2D eigenvalue weighted by Crippen LogP contribution is -2.22. The molecular weight excluding hydrogens is 312 g/mol. The summed E-state index contributed by atoms with van der Waals surface area (Å²) in [6.07, 6.45) is 1.13. The van der Waals surface area contributed by atoms with E-state index in [0.717, 1.165) is 30.5 Å². The Kier molecular flexibility index (Phi) is 4.51. The molecule has 3 heteroatoms. The summed E-state index contributed by atoms with van der Waals surface area (Å²) in [5.74, 6) is 0. The third-order valence-electron chi connectivity index (χ3n) is 3.82. The van der Waals surface area contributed by atoms with E-state index in [9.17, 15) is 0 Å². The predicted octanol–water partition coefficient (Wildman–Crippen LogP) is 3.77. The monoisotopic (exact) mass is 330 g/mol. The summed E-state index contributed by atoms with van der Waals surface area (Å²) < 4.78 is 1.13. The Labute approximate surface area is 128 Å². The number of fused-ring (bicyclic) bond motifs is 1. The van der Waals surface area contributed by atoms with Gasteiger partial charge in [0.15, 0.2) is 0 Å². The van der Waals surface area contributed by atoms with E-state index in [1.807, 2.05) is 0 Å². The molecule has 0 amide bonds. The summed E-state index contributed by atoms with van der Waals surface area (Å²) in [5, 5.41) is 7.19. The van der Waals surface area contributed by atoms with Crippen molar-refractivity contribution in [2.75, 3.05) is 6.54 Å². The van der Waals surface area contributed by atoms with E-state index in [1.165, 1.54) is 16.7 Å². The quantitative estimate of drug-likeness (QED) is 0.895. The molecule has 3 rings (SSSR count). The van der Waals surface area contributed by atoms with Crippen LogP contribution in [0.4, 0.5) is 0 Å². The van der Waals surface area contributed by atoms with Crippen molar-refractivity contribution in [1.82, 2.24) is 10.6 Å². The van der Waals surface area contributed by atoms with E-state index >= 15 is 0 Å². The highest BCUT2D eigenvalue weighted by Crippen LogP contribution is 2.24. The minimum absolute atomic E-state index is 0.435. The molecule has 2 N–H and O–H groups in total. The van der Waals surface area contributed by atoms with Crippen LogP contribution in [0.1, 0.15) is 29.2 Å². The number of hydrogen-bond donors (Lipinski definition) is 2. The SMILES string of the molecule is Brc1ccc(CNC2CCNCc3ccccc32)cc1. The molecular formula is C17H19BrN2. The van der Waals surface area contributed by atoms with Gasteiger partial charge in [0.25, 0.3) is 0 Å². The molecule has 1 atom stereocenters. The van der Waals surface area contributed by atoms with E-state index in [4.69, 9.17) is 0 Å². The van der Waals surface area contributed by atoms with Gasteiger partial charge >= 0.3 is 0 Å². The second-order valence-corrected chi connectivity index (χ2v) is 6.14. The van der Waals surface area contributed by atoms with Crippen molar-refractivity contribution < 1.29 is 0 Å². The Morgan fingerprint density at radius 3 is 2.75 bits per heavy atom. The maximum absolute atomic E-state index is 3.70. The van der Waals surface area contributed by atoms with Crippen LogP contribution >= 0.6 is 15.9 Å². The van der Waals surface area contributed by atoms with Gasteiger partial charge in [-0.15, -0.1) is 0 Å². The summed E-state index contributed by atoms with van der Waals surface area (Å²) >= 11 is 3.48. The summed E-state index contributed by atoms with van der Waals surface area (Å²) in [7, 11) is 0. The fourth-order valence-corrected chi connectivity index (χ4v) is 2.98. The average Bonchev–Trinajstić information content (AvgIpc) is 2.69. The third-order valence-corrected chi connectivity index (χ3v) is 4.35. The molecule has 0 bridgehead atoms. The van der Waals surface area contributed by atoms with Crippen LogP contribution in [-0.4, -0.2) is 6.54 Å². The van der Waals surface area contributed by atoms with Crippen molar-refractivity contribution in [2.45, 2.75) is 25.6 Å². The van der Waals surface area contributed by atoms with E-state index in [-0.39, 0.29) is 0 Å². The van der Waals surface area contributed by atoms with Crippen molar-refractivity contribution in [1.29, 1.82) is 0 Å². The zero-order chi connectivity index (χ0) is 13.8. The molecule has 2 aromatic carbocycles. The van der Waals surface area contributed by atoms with Crippen LogP contribution in [0.25, 0.3) is 0 Å². The molecule has 0 saturated carbocycles. The molecule has 2 aromatic rings. The molecule has 0 fully saturated rings. The zero-order valence-electron chi connectivity index (χ0n) is 11.4. The second-order valence-electron chi connectivity index (χ2n) is 5.22. The molecule has 0 radical (unpaired) electrons. The normalized spacial score (nSPS) is 18.4. The molecule has 20 heavy (non-hydrogen) atoms. The first-order valence-electron chi connectivity index (χ1n) is 7.09. The topological polar surface area (TPSA) is 24.1 Å². The maximum Gasteiger partial charge on any atom is 0.0338 e. The van der Waals surface area contributed by atoms with Gasteiger partial charge in [0, 0.05) is 23.6 Å². The van der Waals surface area contributed by atoms with Crippen LogP contribution in [0.3, 0.4) is 0 Å². The van der Waals surface area contributed by atoms with Crippen LogP contribution < -0.4 is 10.6 Å². The molecule has 1 unspecified atom stereocenters. The van der Waals surface area contributed by atoms with Gasteiger partial charge in [0.2, 0.25) is 0 Å². The number of rotatable bonds is 3. The van der Waals surface area contributed by atoms with E-state index < -0.39 is 0 Å². The first kappa shape index (κ1) is 13.8. The highest BCUT2D eigenvalue weighted by molar-refractivity contribution is 9.10. The van der Waals surface area contributed by atoms with Gasteiger partial charge in [-0.05, 0) is 41.8 Å². The minimum Gasteiger partial charge on any atom is -0.313 e. The van der Waals surface area contributed by atoms with Crippen molar-refractivity contribution in [3.8, 4) is 0 Å². The molecule has 2 nitrogen and oxygen atoms in total. The second kappa shape index (κ2) is 6.53. The van der Waals surface area contributed by atoms with Crippen molar-refractivity contribution >= 4 is 15.9 Å². The van der Waals surface area contributed by atoms with Crippen molar-refractivity contribution in [3.05, 3.63) is 69.7 Å². The predicted molar refractivity (Wildman–Crippen MR) is 86.5 cm³/mol. The standard InChI is InChI=1S/C17H19BrN2/c18-15-7-5-13(6-8-15)11-20-17-9-10-19-12-14-3-1-2-4-16(14)17/h1-8,17,19-20H,9-12H2. The largest absolute Gasteiger partial charge is 0.313 e. The van der Waals surface area contributed by atoms with Crippen LogP contribution in [0.5, 0.6) is 0 Å². The van der Waals surface area contributed by atoms with Gasteiger partial charge < -0.3 is 10.6 Å². The van der Waals surface area contributed by atoms with E-state index in [0.29, 0.717) is 6.04 Å². The lowest BCUT2D eigenvalue weighted by molar-refractivity contribution is 0.496. The number of halogens is 1. The Morgan fingerprint density at radius 2 is 1.90 bits per heavy atom. The highest BCUT2D eigenvalue weighted by Gasteiger charge is 2.17. The molecule has 1 aliphatic rings. The van der Waals surface area contributed by atoms with Gasteiger partial charge in [-0.2, -0.15) is 0 Å². The van der Waals surface area contributed by atoms with Gasteiger partial charge in [0.1, 0.15) is 0 Å². The smallest absolute Gasteiger partial charge is 0.0338 e. The van der Waals surface area contributed by atoms with Gasteiger partial charge in [0.05, 0.1) is 0 Å². The molecule has 0 saturated heterocycles. The number of benzene rings is 2.